The summed E-state index contributed by atoms with van der Waals surface area (Å²) in [7, 11) is 3.12. The van der Waals surface area contributed by atoms with Crippen LogP contribution in [0.25, 0.3) is 0 Å². The van der Waals surface area contributed by atoms with Crippen LogP contribution in [0.5, 0.6) is 0 Å². The van der Waals surface area contributed by atoms with E-state index in [1.165, 1.54) is 11.3 Å². The van der Waals surface area contributed by atoms with Gasteiger partial charge in [0.25, 0.3) is 0 Å². The van der Waals surface area contributed by atoms with Crippen molar-refractivity contribution in [1.29, 1.82) is 0 Å². The Morgan fingerprint density at radius 1 is 1.00 bits per heavy atom. The van der Waals surface area contributed by atoms with Gasteiger partial charge in [-0.15, -0.1) is 30.6 Å². The molecule has 38 valence electrons. The summed E-state index contributed by atoms with van der Waals surface area (Å²) in [5, 5.41) is 0. The molecule has 0 rings (SSSR count). The smallest absolute Gasteiger partial charge is 0.132 e. The molecule has 0 unspecified atom stereocenters. The van der Waals surface area contributed by atoms with Gasteiger partial charge in [-0.05, 0) is 0 Å². The van der Waals surface area contributed by atoms with Crippen LogP contribution in [0.15, 0.2) is 0 Å². The first-order valence-electron chi connectivity index (χ1n) is 1.79. The van der Waals surface area contributed by atoms with Gasteiger partial charge in [0, 0.05) is 9.52 Å². The Kier molecular flexibility index (Phi) is 9.36. The lowest BCUT2D eigenvalue weighted by molar-refractivity contribution is 1.90. The van der Waals surface area contributed by atoms with E-state index in [2.05, 4.69) is 30.6 Å². The highest BCUT2D eigenvalue weighted by molar-refractivity contribution is 9.23. The van der Waals surface area contributed by atoms with Gasteiger partial charge in [-0.1, -0.05) is 11.3 Å². The first-order valence-corrected chi connectivity index (χ1v) is 10.1. The molecule has 5 heteroatoms. The molecule has 0 nitrogen and oxygen atoms in total. The van der Waals surface area contributed by atoms with E-state index in [1.807, 2.05) is 0 Å². The second-order valence-electron chi connectivity index (χ2n) is 0.871. The Labute approximate surface area is 67.5 Å². The topological polar surface area (TPSA) is 0 Å². The average Bonchev–Trinajstić information content (AvgIpc) is 1.69. The van der Waals surface area contributed by atoms with Crippen molar-refractivity contribution in [2.75, 3.05) is 0 Å². The van der Waals surface area contributed by atoms with Crippen LogP contribution in [0.4, 0.5) is 0 Å². The Hall–Kier alpha value is 1.61. The number of halogens is 2. The fourth-order valence-corrected chi connectivity index (χ4v) is 6.11. The van der Waals surface area contributed by atoms with Crippen LogP contribution in [-0.4, -0.2) is 25.8 Å². The standard InChI is InChI=1S/C2H4Br2Si3/c3-6-1-5-2-7-4/h1-2H2. The number of hydrogen-bond acceptors (Lipinski definition) is 0. The quantitative estimate of drug-likeness (QED) is 0.413. The van der Waals surface area contributed by atoms with Crippen molar-refractivity contribution in [2.45, 2.75) is 11.3 Å². The maximum absolute atomic E-state index is 3.40. The van der Waals surface area contributed by atoms with Gasteiger partial charge in [0.05, 0.1) is 0 Å². The zero-order chi connectivity index (χ0) is 5.54. The monoisotopic (exact) mass is 270 g/mol. The second kappa shape index (κ2) is 7.61. The largest absolute Gasteiger partial charge is 0.133 e. The summed E-state index contributed by atoms with van der Waals surface area (Å²) in [6.07, 6.45) is 0. The number of rotatable bonds is 4. The Balaban J connectivity index is 2.45. The van der Waals surface area contributed by atoms with E-state index in [9.17, 15) is 0 Å². The van der Waals surface area contributed by atoms with Crippen LogP contribution in [0.2, 0.25) is 11.3 Å². The van der Waals surface area contributed by atoms with Crippen LogP contribution in [0, 0.1) is 0 Å². The van der Waals surface area contributed by atoms with Gasteiger partial charge in [0.15, 0.2) is 0 Å². The lowest BCUT2D eigenvalue weighted by Gasteiger charge is -1.84. The highest BCUT2D eigenvalue weighted by Gasteiger charge is 1.86. The molecule has 0 aromatic rings. The van der Waals surface area contributed by atoms with Crippen molar-refractivity contribution in [1.82, 2.24) is 0 Å². The molecule has 0 aliphatic rings. The summed E-state index contributed by atoms with van der Waals surface area (Å²) in [5.41, 5.74) is 2.75. The van der Waals surface area contributed by atoms with E-state index < -0.39 is 0 Å². The molecule has 0 aromatic carbocycles. The molecule has 0 aliphatic heterocycles. The van der Waals surface area contributed by atoms with Crippen molar-refractivity contribution < 1.29 is 0 Å². The first kappa shape index (κ1) is 8.61. The van der Waals surface area contributed by atoms with Crippen LogP contribution in [0.3, 0.4) is 0 Å². The predicted octanol–water partition coefficient (Wildman–Crippen LogP) is 1.47. The molecule has 0 saturated carbocycles. The van der Waals surface area contributed by atoms with E-state index in [0.29, 0.717) is 0 Å². The van der Waals surface area contributed by atoms with Gasteiger partial charge >= 0.3 is 0 Å². The highest BCUT2D eigenvalue weighted by Crippen LogP contribution is 1.88. The van der Waals surface area contributed by atoms with E-state index in [-0.39, 0.29) is 0 Å². The van der Waals surface area contributed by atoms with Gasteiger partial charge in [-0.3, -0.25) is 0 Å². The van der Waals surface area contributed by atoms with E-state index >= 15 is 0 Å². The molecular formula is C2H4Br2Si3. The summed E-state index contributed by atoms with van der Waals surface area (Å²) in [4.78, 5) is 0. The SMILES string of the molecule is Br[Si]C[Si]C[Si]Br. The van der Waals surface area contributed by atoms with Gasteiger partial charge < -0.3 is 0 Å². The molecule has 6 radical (unpaired) electrons. The van der Waals surface area contributed by atoms with Crippen LogP contribution < -0.4 is 0 Å². The third-order valence-corrected chi connectivity index (χ3v) is 8.50. The molecule has 0 bridgehead atoms. The van der Waals surface area contributed by atoms with Crippen LogP contribution in [0.1, 0.15) is 0 Å². The molecule has 0 fully saturated rings. The van der Waals surface area contributed by atoms with Gasteiger partial charge in [0.1, 0.15) is 16.3 Å². The minimum atomic E-state index is 0.976. The normalized spacial score (nSPS) is 9.43. The lowest BCUT2D eigenvalue weighted by atomic mass is 11.8. The summed E-state index contributed by atoms with van der Waals surface area (Å²) in [6.45, 7) is 0. The van der Waals surface area contributed by atoms with Crippen molar-refractivity contribution >= 4 is 56.4 Å². The second-order valence-corrected chi connectivity index (χ2v) is 8.10. The molecule has 0 spiro atoms. The fraction of sp³-hybridized carbons (Fsp3) is 1.00. The van der Waals surface area contributed by atoms with E-state index in [0.717, 1.165) is 25.8 Å². The average molecular weight is 272 g/mol. The maximum Gasteiger partial charge on any atom is 0.133 e. The summed E-state index contributed by atoms with van der Waals surface area (Å²) in [5.74, 6) is 0. The Bertz CT molecular complexity index is 30.1. The molecule has 0 aromatic heterocycles. The summed E-state index contributed by atoms with van der Waals surface area (Å²) in [6, 6.07) is 0. The first-order chi connectivity index (χ1) is 3.41. The third-order valence-electron chi connectivity index (χ3n) is 0.384. The van der Waals surface area contributed by atoms with E-state index in [4.69, 9.17) is 0 Å². The molecule has 7 heavy (non-hydrogen) atoms. The zero-order valence-corrected chi connectivity index (χ0v) is 9.84. The third kappa shape index (κ3) is 7.61. The van der Waals surface area contributed by atoms with Gasteiger partial charge in [0.2, 0.25) is 0 Å². The molecule has 0 amide bonds. The van der Waals surface area contributed by atoms with Crippen LogP contribution >= 0.6 is 30.6 Å². The summed E-state index contributed by atoms with van der Waals surface area (Å²) >= 11 is 6.80. The minimum absolute atomic E-state index is 0.976. The molecule has 0 saturated heterocycles. The molecule has 0 aliphatic carbocycles. The highest BCUT2D eigenvalue weighted by atomic mass is 79.9. The summed E-state index contributed by atoms with van der Waals surface area (Å²) < 4.78 is 0. The van der Waals surface area contributed by atoms with Crippen molar-refractivity contribution in [3.05, 3.63) is 0 Å². The Morgan fingerprint density at radius 2 is 1.43 bits per heavy atom. The van der Waals surface area contributed by atoms with Crippen LogP contribution in [-0.2, 0) is 0 Å². The molecular weight excluding hydrogens is 268 g/mol. The molecule has 0 atom stereocenters. The minimum Gasteiger partial charge on any atom is -0.132 e. The zero-order valence-electron chi connectivity index (χ0n) is 3.67. The number of hydrogen-bond donors (Lipinski definition) is 0. The van der Waals surface area contributed by atoms with Gasteiger partial charge in [-0.2, -0.15) is 0 Å². The van der Waals surface area contributed by atoms with Crippen molar-refractivity contribution in [2.24, 2.45) is 0 Å². The maximum atomic E-state index is 3.40. The molecule has 0 heterocycles. The van der Waals surface area contributed by atoms with Crippen molar-refractivity contribution in [3.8, 4) is 0 Å². The fourth-order valence-electron chi connectivity index (χ4n) is 0.157. The lowest BCUT2D eigenvalue weighted by Crippen LogP contribution is -1.92. The van der Waals surface area contributed by atoms with E-state index in [1.54, 1.807) is 0 Å². The van der Waals surface area contributed by atoms with Gasteiger partial charge in [-0.25, -0.2) is 0 Å². The predicted molar refractivity (Wildman–Crippen MR) is 44.7 cm³/mol. The molecule has 0 N–H and O–H groups in total. The Morgan fingerprint density at radius 3 is 1.71 bits per heavy atom. The van der Waals surface area contributed by atoms with Crippen molar-refractivity contribution in [3.63, 3.8) is 0 Å².